The first-order valence-corrected chi connectivity index (χ1v) is 10.4. The summed E-state index contributed by atoms with van der Waals surface area (Å²) in [7, 11) is 0. The van der Waals surface area contributed by atoms with Gasteiger partial charge in [-0.15, -0.1) is 0 Å². The Bertz CT molecular complexity index is 1130. The fraction of sp³-hybridized carbons (Fsp3) is 0.167. The third-order valence-electron chi connectivity index (χ3n) is 5.07. The predicted molar refractivity (Wildman–Crippen MR) is 116 cm³/mol. The van der Waals surface area contributed by atoms with Crippen LogP contribution in [0.1, 0.15) is 46.6 Å². The molecule has 4 nitrogen and oxygen atoms in total. The van der Waals surface area contributed by atoms with Crippen LogP contribution >= 0.6 is 23.2 Å². The zero-order valence-electron chi connectivity index (χ0n) is 17.0. The number of carboxylic acids is 1. The molecule has 1 aliphatic carbocycles. The van der Waals surface area contributed by atoms with Gasteiger partial charge in [0.1, 0.15) is 12.4 Å². The first-order valence-electron chi connectivity index (χ1n) is 9.60. The summed E-state index contributed by atoms with van der Waals surface area (Å²) in [5.41, 5.74) is 4.47. The van der Waals surface area contributed by atoms with Crippen LogP contribution in [0.4, 0.5) is 0 Å². The van der Waals surface area contributed by atoms with Gasteiger partial charge in [0, 0.05) is 11.6 Å². The molecule has 0 N–H and O–H groups in total. The Labute approximate surface area is 213 Å². The number of halogens is 2. The molecule has 31 heavy (non-hydrogen) atoms. The average Bonchev–Trinajstić information content (AvgIpc) is 3.25. The van der Waals surface area contributed by atoms with E-state index in [1.54, 1.807) is 12.1 Å². The van der Waals surface area contributed by atoms with Gasteiger partial charge in [-0.1, -0.05) is 59.6 Å². The van der Waals surface area contributed by atoms with Crippen LogP contribution in [0.25, 0.3) is 11.1 Å². The molecule has 1 heterocycles. The molecule has 0 unspecified atom stereocenters. The summed E-state index contributed by atoms with van der Waals surface area (Å²) < 4.78 is 6.12. The molecule has 2 aromatic carbocycles. The van der Waals surface area contributed by atoms with Gasteiger partial charge in [0.05, 0.1) is 27.4 Å². The molecule has 3 aromatic rings. The Balaban J connectivity index is 0.00000272. The normalized spacial score (nSPS) is 13.1. The number of ether oxygens (including phenoxy) is 1. The van der Waals surface area contributed by atoms with Crippen LogP contribution in [0.3, 0.4) is 0 Å². The zero-order valence-corrected chi connectivity index (χ0v) is 20.5. The molecule has 0 atom stereocenters. The van der Waals surface area contributed by atoms with E-state index in [9.17, 15) is 9.90 Å². The molecular weight excluding hydrogens is 444 g/mol. The van der Waals surface area contributed by atoms with Crippen molar-refractivity contribution in [1.82, 2.24) is 4.98 Å². The monoisotopic (exact) mass is 461 g/mol. The van der Waals surface area contributed by atoms with Crippen LogP contribution in [-0.4, -0.2) is 11.0 Å². The summed E-state index contributed by atoms with van der Waals surface area (Å²) in [6.45, 7) is 0.396. The van der Waals surface area contributed by atoms with Gasteiger partial charge in [-0.05, 0) is 54.2 Å². The Hall–Kier alpha value is -1.82. The fourth-order valence-electron chi connectivity index (χ4n) is 3.66. The Morgan fingerprint density at radius 1 is 0.968 bits per heavy atom. The van der Waals surface area contributed by atoms with Crippen molar-refractivity contribution in [3.63, 3.8) is 0 Å². The van der Waals surface area contributed by atoms with E-state index in [2.05, 4.69) is 4.98 Å². The fourth-order valence-corrected chi connectivity index (χ4v) is 3.98. The topological polar surface area (TPSA) is 62.2 Å². The number of allylic oxidation sites excluding steroid dienone is 2. The maximum absolute atomic E-state index is 11.2. The van der Waals surface area contributed by atoms with Gasteiger partial charge in [0.2, 0.25) is 0 Å². The second-order valence-corrected chi connectivity index (χ2v) is 7.86. The van der Waals surface area contributed by atoms with E-state index in [0.29, 0.717) is 28.1 Å². The van der Waals surface area contributed by atoms with Crippen LogP contribution < -0.4 is 39.4 Å². The van der Waals surface area contributed by atoms with E-state index in [0.717, 1.165) is 41.5 Å². The van der Waals surface area contributed by atoms with E-state index in [1.165, 1.54) is 6.07 Å². The van der Waals surface area contributed by atoms with Gasteiger partial charge in [-0.2, -0.15) is 0 Å². The van der Waals surface area contributed by atoms with Gasteiger partial charge in [0.25, 0.3) is 0 Å². The van der Waals surface area contributed by atoms with Crippen molar-refractivity contribution in [3.8, 4) is 5.75 Å². The number of aromatic nitrogens is 1. The van der Waals surface area contributed by atoms with Crippen LogP contribution in [0.5, 0.6) is 5.75 Å². The quantitative estimate of drug-likeness (QED) is 0.528. The molecule has 0 bridgehead atoms. The number of nitrogens with zero attached hydrogens (tertiary/aromatic N) is 1. The van der Waals surface area contributed by atoms with Crippen molar-refractivity contribution in [2.75, 3.05) is 0 Å². The van der Waals surface area contributed by atoms with E-state index in [4.69, 9.17) is 27.9 Å². The molecule has 1 aliphatic rings. The second kappa shape index (κ2) is 10.7. The average molecular weight is 462 g/mol. The Morgan fingerprint density at radius 2 is 1.68 bits per heavy atom. The second-order valence-electron chi connectivity index (χ2n) is 7.04. The van der Waals surface area contributed by atoms with E-state index < -0.39 is 5.97 Å². The molecule has 0 radical (unpaired) electrons. The van der Waals surface area contributed by atoms with Crippen LogP contribution in [0.2, 0.25) is 10.0 Å². The minimum atomic E-state index is -1.29. The number of pyridine rings is 1. The molecule has 0 aliphatic heterocycles. The summed E-state index contributed by atoms with van der Waals surface area (Å²) in [5, 5.41) is 12.1. The van der Waals surface area contributed by atoms with Gasteiger partial charge in [-0.3, -0.25) is 0 Å². The molecule has 0 saturated carbocycles. The van der Waals surface area contributed by atoms with Gasteiger partial charge in [0.15, 0.2) is 0 Å². The summed E-state index contributed by atoms with van der Waals surface area (Å²) in [4.78, 5) is 15.5. The van der Waals surface area contributed by atoms with Crippen molar-refractivity contribution in [2.45, 2.75) is 25.9 Å². The molecule has 7 heteroatoms. The number of rotatable bonds is 6. The number of carboxylic acid groups (broad SMARTS) is 1. The molecular formula is C24H18Cl2NNaO3. The SMILES string of the molecule is O=C([O-])c1cccc(C2=C(c3cc(Cl)c(Cl)cc3OCc3ccccc3)CCC2)n1.[Na+]. The minimum absolute atomic E-state index is 0. The first kappa shape index (κ1) is 23.8. The Morgan fingerprint density at radius 3 is 2.42 bits per heavy atom. The third kappa shape index (κ3) is 5.51. The number of aromatic carboxylic acids is 1. The van der Waals surface area contributed by atoms with Crippen LogP contribution in [-0.2, 0) is 6.61 Å². The standard InChI is InChI=1S/C24H19Cl2NO3.Na/c25-19-12-18(23(13-20(19)26)30-14-15-6-2-1-3-7-15)16-8-4-9-17(16)21-10-5-11-22(27-21)24(28)29;/h1-3,5-7,10-13H,4,8-9,14H2,(H,28,29);/q;+1/p-1. The zero-order chi connectivity index (χ0) is 21.1. The smallest absolute Gasteiger partial charge is 0.543 e. The summed E-state index contributed by atoms with van der Waals surface area (Å²) >= 11 is 12.6. The van der Waals surface area contributed by atoms with Crippen molar-refractivity contribution in [3.05, 3.63) is 93.2 Å². The molecule has 152 valence electrons. The van der Waals surface area contributed by atoms with Crippen molar-refractivity contribution < 1.29 is 44.2 Å². The van der Waals surface area contributed by atoms with Crippen molar-refractivity contribution in [2.24, 2.45) is 0 Å². The molecule has 0 amide bonds. The molecule has 0 saturated heterocycles. The number of hydrogen-bond donors (Lipinski definition) is 0. The minimum Gasteiger partial charge on any atom is -0.543 e. The number of benzene rings is 2. The molecule has 0 spiro atoms. The van der Waals surface area contributed by atoms with E-state index in [1.807, 2.05) is 42.5 Å². The predicted octanol–water partition coefficient (Wildman–Crippen LogP) is 2.43. The molecule has 4 rings (SSSR count). The van der Waals surface area contributed by atoms with Gasteiger partial charge >= 0.3 is 29.6 Å². The van der Waals surface area contributed by atoms with Gasteiger partial charge < -0.3 is 14.6 Å². The van der Waals surface area contributed by atoms with Crippen molar-refractivity contribution >= 4 is 40.3 Å². The van der Waals surface area contributed by atoms with Gasteiger partial charge in [-0.25, -0.2) is 4.98 Å². The van der Waals surface area contributed by atoms with E-state index >= 15 is 0 Å². The molecule has 0 fully saturated rings. The summed E-state index contributed by atoms with van der Waals surface area (Å²) in [6.07, 6.45) is 2.53. The van der Waals surface area contributed by atoms with Crippen molar-refractivity contribution in [1.29, 1.82) is 0 Å². The largest absolute Gasteiger partial charge is 1.00 e. The Kier molecular flexibility index (Phi) is 8.20. The number of carbonyl (C=O) groups is 1. The van der Waals surface area contributed by atoms with Crippen LogP contribution in [0, 0.1) is 0 Å². The number of hydrogen-bond acceptors (Lipinski definition) is 4. The van der Waals surface area contributed by atoms with Crippen LogP contribution in [0.15, 0.2) is 60.7 Å². The first-order chi connectivity index (χ1) is 14.5. The third-order valence-corrected chi connectivity index (χ3v) is 5.79. The maximum atomic E-state index is 11.2. The van der Waals surface area contributed by atoms with E-state index in [-0.39, 0.29) is 35.3 Å². The maximum Gasteiger partial charge on any atom is 1.00 e. The summed E-state index contributed by atoms with van der Waals surface area (Å²) in [5.74, 6) is -0.655. The molecule has 1 aromatic heterocycles. The number of carbonyl (C=O) groups excluding carboxylic acids is 1. The summed E-state index contributed by atoms with van der Waals surface area (Å²) in [6, 6.07) is 18.3.